The van der Waals surface area contributed by atoms with Gasteiger partial charge in [-0.1, -0.05) is 49.4 Å². The molecule has 2 aromatic heterocycles. The summed E-state index contributed by atoms with van der Waals surface area (Å²) in [5.74, 6) is 7.52. The second kappa shape index (κ2) is 14.2. The minimum Gasteiger partial charge on any atom is -0.487 e. The SMILES string of the molecule is CCCN(CC#Cc1cc2ncnc(Nc3ccc(OCc4cccc(F)c4)c(Cl)c3)c2s1)CCC.Cl. The van der Waals surface area contributed by atoms with Crippen LogP contribution in [0.15, 0.2) is 54.9 Å². The van der Waals surface area contributed by atoms with Gasteiger partial charge >= 0.3 is 0 Å². The molecule has 5 nitrogen and oxygen atoms in total. The van der Waals surface area contributed by atoms with Crippen LogP contribution in [0.3, 0.4) is 0 Å². The van der Waals surface area contributed by atoms with E-state index in [-0.39, 0.29) is 24.8 Å². The molecular formula is C28H29Cl2FN4OS. The number of thiophene rings is 1. The van der Waals surface area contributed by atoms with E-state index in [1.165, 1.54) is 18.5 Å². The summed E-state index contributed by atoms with van der Waals surface area (Å²) in [5.41, 5.74) is 2.35. The van der Waals surface area contributed by atoms with Crippen LogP contribution in [0.25, 0.3) is 10.2 Å². The quantitative estimate of drug-likeness (QED) is 0.202. The van der Waals surface area contributed by atoms with Gasteiger partial charge in [0.2, 0.25) is 0 Å². The number of fused-ring (bicyclic) bond motifs is 1. The summed E-state index contributed by atoms with van der Waals surface area (Å²) in [6.07, 6.45) is 3.79. The normalized spacial score (nSPS) is 10.6. The molecule has 0 saturated carbocycles. The van der Waals surface area contributed by atoms with Crippen molar-refractivity contribution in [3.8, 4) is 17.6 Å². The Labute approximate surface area is 232 Å². The number of rotatable bonds is 10. The molecule has 1 N–H and O–H groups in total. The van der Waals surface area contributed by atoms with E-state index in [0.717, 1.165) is 58.8 Å². The van der Waals surface area contributed by atoms with Crippen molar-refractivity contribution in [3.05, 3.63) is 76.1 Å². The summed E-state index contributed by atoms with van der Waals surface area (Å²) in [6.45, 7) is 7.49. The van der Waals surface area contributed by atoms with Crippen molar-refractivity contribution in [2.75, 3.05) is 25.0 Å². The van der Waals surface area contributed by atoms with E-state index in [4.69, 9.17) is 16.3 Å². The molecule has 4 rings (SSSR count). The Morgan fingerprint density at radius 2 is 1.89 bits per heavy atom. The van der Waals surface area contributed by atoms with Gasteiger partial charge in [0.15, 0.2) is 5.82 Å². The first-order chi connectivity index (χ1) is 17.6. The minimum atomic E-state index is -0.296. The van der Waals surface area contributed by atoms with Crippen LogP contribution in [0.2, 0.25) is 5.02 Å². The Morgan fingerprint density at radius 3 is 2.62 bits per heavy atom. The number of nitrogens with zero attached hydrogens (tertiary/aromatic N) is 3. The second-order valence-corrected chi connectivity index (χ2v) is 9.77. The Hall–Kier alpha value is -2.89. The molecule has 0 unspecified atom stereocenters. The zero-order valence-corrected chi connectivity index (χ0v) is 23.2. The van der Waals surface area contributed by atoms with Crippen molar-refractivity contribution in [3.63, 3.8) is 0 Å². The summed E-state index contributed by atoms with van der Waals surface area (Å²) < 4.78 is 20.1. The van der Waals surface area contributed by atoms with Crippen LogP contribution in [0.1, 0.15) is 37.1 Å². The van der Waals surface area contributed by atoms with Gasteiger partial charge in [0.1, 0.15) is 24.5 Å². The van der Waals surface area contributed by atoms with Crippen molar-refractivity contribution in [2.24, 2.45) is 0 Å². The molecule has 0 fully saturated rings. The van der Waals surface area contributed by atoms with Gasteiger partial charge in [-0.2, -0.15) is 0 Å². The van der Waals surface area contributed by atoms with Gasteiger partial charge in [0.25, 0.3) is 0 Å². The lowest BCUT2D eigenvalue weighted by Gasteiger charge is -2.17. The van der Waals surface area contributed by atoms with Crippen LogP contribution in [-0.2, 0) is 6.61 Å². The van der Waals surface area contributed by atoms with Crippen LogP contribution >= 0.6 is 35.3 Å². The molecule has 0 atom stereocenters. The lowest BCUT2D eigenvalue weighted by atomic mass is 10.2. The highest BCUT2D eigenvalue weighted by Gasteiger charge is 2.10. The third kappa shape index (κ3) is 8.05. The highest BCUT2D eigenvalue weighted by atomic mass is 35.5. The maximum Gasteiger partial charge on any atom is 0.151 e. The van der Waals surface area contributed by atoms with E-state index < -0.39 is 0 Å². The Bertz CT molecular complexity index is 1380. The number of ether oxygens (including phenoxy) is 1. The van der Waals surface area contributed by atoms with Gasteiger partial charge < -0.3 is 10.1 Å². The molecule has 0 amide bonds. The smallest absolute Gasteiger partial charge is 0.151 e. The third-order valence-electron chi connectivity index (χ3n) is 5.38. The molecule has 2 heterocycles. The summed E-state index contributed by atoms with van der Waals surface area (Å²) in [5, 5.41) is 3.78. The maximum absolute atomic E-state index is 13.4. The minimum absolute atomic E-state index is 0. The maximum atomic E-state index is 13.4. The largest absolute Gasteiger partial charge is 0.487 e. The number of hydrogen-bond acceptors (Lipinski definition) is 6. The summed E-state index contributed by atoms with van der Waals surface area (Å²) >= 11 is 8.02. The molecule has 0 saturated heterocycles. The van der Waals surface area contributed by atoms with Crippen molar-refractivity contribution in [1.82, 2.24) is 14.9 Å². The molecule has 194 valence electrons. The fraction of sp³-hybridized carbons (Fsp3) is 0.286. The van der Waals surface area contributed by atoms with Crippen LogP contribution in [0, 0.1) is 17.7 Å². The fourth-order valence-corrected chi connectivity index (χ4v) is 4.93. The molecule has 9 heteroatoms. The molecule has 0 spiro atoms. The first kappa shape index (κ1) is 28.7. The summed E-state index contributed by atoms with van der Waals surface area (Å²) in [6, 6.07) is 13.7. The third-order valence-corrected chi connectivity index (χ3v) is 6.72. The Balaban J connectivity index is 0.00000380. The Morgan fingerprint density at radius 1 is 1.08 bits per heavy atom. The van der Waals surface area contributed by atoms with Gasteiger partial charge in [0, 0.05) is 5.69 Å². The molecule has 0 aliphatic rings. The number of aromatic nitrogens is 2. The topological polar surface area (TPSA) is 50.3 Å². The lowest BCUT2D eigenvalue weighted by molar-refractivity contribution is 0.306. The number of halogens is 3. The first-order valence-corrected chi connectivity index (χ1v) is 13.1. The Kier molecular flexibility index (Phi) is 11.0. The van der Waals surface area contributed by atoms with Crippen molar-refractivity contribution < 1.29 is 9.13 Å². The average Bonchev–Trinajstić information content (AvgIpc) is 3.28. The fourth-order valence-electron chi connectivity index (χ4n) is 3.77. The van der Waals surface area contributed by atoms with E-state index in [0.29, 0.717) is 16.6 Å². The van der Waals surface area contributed by atoms with Crippen molar-refractivity contribution in [2.45, 2.75) is 33.3 Å². The zero-order chi connectivity index (χ0) is 25.3. The van der Waals surface area contributed by atoms with E-state index in [1.807, 2.05) is 12.1 Å². The monoisotopic (exact) mass is 558 g/mol. The molecule has 4 aromatic rings. The van der Waals surface area contributed by atoms with Crippen molar-refractivity contribution in [1.29, 1.82) is 0 Å². The van der Waals surface area contributed by atoms with Gasteiger partial charge in [-0.3, -0.25) is 4.90 Å². The average molecular weight is 560 g/mol. The molecular weight excluding hydrogens is 530 g/mol. The molecule has 0 aliphatic carbocycles. The van der Waals surface area contributed by atoms with E-state index in [1.54, 1.807) is 35.6 Å². The summed E-state index contributed by atoms with van der Waals surface area (Å²) in [4.78, 5) is 12.2. The molecule has 2 aromatic carbocycles. The van der Waals surface area contributed by atoms with Crippen LogP contribution in [0.4, 0.5) is 15.9 Å². The molecule has 0 bridgehead atoms. The predicted octanol–water partition coefficient (Wildman–Crippen LogP) is 7.70. The zero-order valence-electron chi connectivity index (χ0n) is 20.8. The summed E-state index contributed by atoms with van der Waals surface area (Å²) in [7, 11) is 0. The van der Waals surface area contributed by atoms with E-state index in [9.17, 15) is 4.39 Å². The lowest BCUT2D eigenvalue weighted by Crippen LogP contribution is -2.25. The molecule has 37 heavy (non-hydrogen) atoms. The van der Waals surface area contributed by atoms with E-state index in [2.05, 4.69) is 45.9 Å². The van der Waals surface area contributed by atoms with Gasteiger partial charge in [-0.15, -0.1) is 23.7 Å². The number of nitrogens with one attached hydrogen (secondary N) is 1. The van der Waals surface area contributed by atoms with Gasteiger partial charge in [-0.25, -0.2) is 14.4 Å². The highest BCUT2D eigenvalue weighted by Crippen LogP contribution is 2.33. The van der Waals surface area contributed by atoms with Gasteiger partial charge in [-0.05, 0) is 67.9 Å². The van der Waals surface area contributed by atoms with Crippen LogP contribution in [-0.4, -0.2) is 34.5 Å². The van der Waals surface area contributed by atoms with Crippen LogP contribution < -0.4 is 10.1 Å². The number of benzene rings is 2. The molecule has 0 radical (unpaired) electrons. The first-order valence-electron chi connectivity index (χ1n) is 11.9. The van der Waals surface area contributed by atoms with Crippen LogP contribution in [0.5, 0.6) is 5.75 Å². The van der Waals surface area contributed by atoms with Gasteiger partial charge in [0.05, 0.1) is 26.7 Å². The number of hydrogen-bond donors (Lipinski definition) is 1. The predicted molar refractivity (Wildman–Crippen MR) is 154 cm³/mol. The standard InChI is InChI=1S/C28H28ClFN4OS.ClH/c1-3-12-34(13-4-2)14-6-9-23-17-25-27(36-23)28(32-19-31-25)33-22-10-11-26(24(29)16-22)35-18-20-7-5-8-21(30)15-20;/h5,7-8,10-11,15-17,19H,3-4,12-14,18H2,1-2H3,(H,31,32,33);1H. The highest BCUT2D eigenvalue weighted by molar-refractivity contribution is 7.20. The molecule has 0 aliphatic heterocycles. The van der Waals surface area contributed by atoms with Crippen molar-refractivity contribution >= 4 is 57.1 Å². The van der Waals surface area contributed by atoms with E-state index >= 15 is 0 Å². The number of anilines is 2. The second-order valence-electron chi connectivity index (χ2n) is 8.31.